The highest BCUT2D eigenvalue weighted by Crippen LogP contribution is 2.47. The first-order chi connectivity index (χ1) is 12.1. The van der Waals surface area contributed by atoms with Gasteiger partial charge < -0.3 is 9.64 Å². The molecule has 2 aromatic carbocycles. The smallest absolute Gasteiger partial charge is 0.159 e. The van der Waals surface area contributed by atoms with Crippen LogP contribution in [0.1, 0.15) is 30.1 Å². The van der Waals surface area contributed by atoms with Crippen LogP contribution >= 0.6 is 11.8 Å². The Labute approximate surface area is 151 Å². The van der Waals surface area contributed by atoms with E-state index >= 15 is 0 Å². The predicted octanol–water partition coefficient (Wildman–Crippen LogP) is 5.43. The van der Waals surface area contributed by atoms with E-state index < -0.39 is 11.6 Å². The zero-order chi connectivity index (χ0) is 17.4. The van der Waals surface area contributed by atoms with Gasteiger partial charge in [0.1, 0.15) is 5.75 Å². The highest BCUT2D eigenvalue weighted by molar-refractivity contribution is 7.99. The Morgan fingerprint density at radius 3 is 2.64 bits per heavy atom. The van der Waals surface area contributed by atoms with E-state index in [1.807, 2.05) is 6.07 Å². The zero-order valence-electron chi connectivity index (χ0n) is 14.2. The summed E-state index contributed by atoms with van der Waals surface area (Å²) < 4.78 is 32.4. The molecule has 1 atom stereocenters. The molecule has 0 amide bonds. The Bertz CT molecular complexity index is 778. The highest BCUT2D eigenvalue weighted by Gasteiger charge is 2.29. The van der Waals surface area contributed by atoms with Gasteiger partial charge in [-0.15, -0.1) is 11.8 Å². The van der Waals surface area contributed by atoms with Gasteiger partial charge in [-0.2, -0.15) is 0 Å². The summed E-state index contributed by atoms with van der Waals surface area (Å²) in [6.07, 6.45) is 3.52. The number of fused-ring (bicyclic) bond motifs is 1. The van der Waals surface area contributed by atoms with Crippen LogP contribution in [0, 0.1) is 17.6 Å². The van der Waals surface area contributed by atoms with Crippen LogP contribution in [0.2, 0.25) is 0 Å². The highest BCUT2D eigenvalue weighted by atomic mass is 32.2. The van der Waals surface area contributed by atoms with Crippen LogP contribution in [0.15, 0.2) is 41.3 Å². The van der Waals surface area contributed by atoms with E-state index in [1.165, 1.54) is 30.7 Å². The number of benzene rings is 2. The molecule has 1 fully saturated rings. The molecule has 0 radical (unpaired) electrons. The number of hydrogen-bond donors (Lipinski definition) is 0. The lowest BCUT2D eigenvalue weighted by molar-refractivity contribution is 0.413. The Balaban J connectivity index is 1.67. The quantitative estimate of drug-likeness (QED) is 0.721. The normalized spacial score (nSPS) is 20.1. The molecule has 0 aromatic heterocycles. The third kappa shape index (κ3) is 3.61. The van der Waals surface area contributed by atoms with Crippen LogP contribution in [0.3, 0.4) is 0 Å². The van der Waals surface area contributed by atoms with Crippen LogP contribution in [-0.4, -0.2) is 20.2 Å². The van der Waals surface area contributed by atoms with Gasteiger partial charge in [0.15, 0.2) is 11.6 Å². The van der Waals surface area contributed by atoms with Crippen molar-refractivity contribution in [1.29, 1.82) is 0 Å². The second-order valence-corrected chi connectivity index (χ2v) is 8.04. The Morgan fingerprint density at radius 1 is 1.08 bits per heavy atom. The molecular formula is C20H21F2NOS. The van der Waals surface area contributed by atoms with E-state index in [1.54, 1.807) is 24.9 Å². The molecule has 5 heteroatoms. The van der Waals surface area contributed by atoms with E-state index in [4.69, 9.17) is 4.74 Å². The molecular weight excluding hydrogens is 340 g/mol. The van der Waals surface area contributed by atoms with Crippen LogP contribution in [0.25, 0.3) is 0 Å². The second-order valence-electron chi connectivity index (χ2n) is 6.79. The van der Waals surface area contributed by atoms with Gasteiger partial charge in [-0.3, -0.25) is 0 Å². The van der Waals surface area contributed by atoms with Crippen molar-refractivity contribution in [2.75, 3.05) is 25.1 Å². The Morgan fingerprint density at radius 2 is 1.92 bits per heavy atom. The summed E-state index contributed by atoms with van der Waals surface area (Å²) in [5.41, 5.74) is 2.06. The molecule has 25 heavy (non-hydrogen) atoms. The fourth-order valence-corrected chi connectivity index (χ4v) is 4.65. The monoisotopic (exact) mass is 361 g/mol. The number of methoxy groups -OCH3 is 1. The summed E-state index contributed by atoms with van der Waals surface area (Å²) in [5.74, 6) is 0.0474. The number of ether oxygens (including phenoxy) is 1. The minimum absolute atomic E-state index is 0.102. The van der Waals surface area contributed by atoms with E-state index in [9.17, 15) is 8.78 Å². The van der Waals surface area contributed by atoms with E-state index in [0.29, 0.717) is 0 Å². The van der Waals surface area contributed by atoms with E-state index in [0.717, 1.165) is 41.6 Å². The number of nitrogens with zero attached hydrogens (tertiary/aromatic N) is 1. The van der Waals surface area contributed by atoms with Crippen LogP contribution in [0.4, 0.5) is 14.5 Å². The fraction of sp³-hybridized carbons (Fsp3) is 0.400. The van der Waals surface area contributed by atoms with Crippen LogP contribution in [0.5, 0.6) is 5.75 Å². The molecule has 0 bridgehead atoms. The first-order valence-electron chi connectivity index (χ1n) is 8.68. The maximum atomic E-state index is 13.7. The van der Waals surface area contributed by atoms with E-state index in [-0.39, 0.29) is 5.25 Å². The van der Waals surface area contributed by atoms with Gasteiger partial charge in [-0.25, -0.2) is 8.78 Å². The average Bonchev–Trinajstić information content (AvgIpc) is 3.45. The molecule has 1 unspecified atom stereocenters. The van der Waals surface area contributed by atoms with E-state index in [2.05, 4.69) is 17.0 Å². The lowest BCUT2D eigenvalue weighted by atomic mass is 10.1. The number of halogens is 2. The second kappa shape index (κ2) is 6.87. The molecule has 0 N–H and O–H groups in total. The summed E-state index contributed by atoms with van der Waals surface area (Å²) in [6, 6.07) is 10.4. The van der Waals surface area contributed by atoms with Crippen molar-refractivity contribution in [3.05, 3.63) is 53.6 Å². The van der Waals surface area contributed by atoms with Gasteiger partial charge in [0.2, 0.25) is 0 Å². The van der Waals surface area contributed by atoms with Crippen LogP contribution < -0.4 is 9.64 Å². The largest absolute Gasteiger partial charge is 0.497 e. The maximum Gasteiger partial charge on any atom is 0.159 e. The standard InChI is InChI=1S/C20H21F2NOS/c1-24-15-5-7-18-20(11-15)25-19(8-9-23(18)12-13-2-3-13)14-4-6-16(21)17(22)10-14/h4-7,10-11,13,19H,2-3,8-9,12H2,1H3. The van der Waals surface area contributed by atoms with Crippen molar-refractivity contribution < 1.29 is 13.5 Å². The molecule has 0 spiro atoms. The number of anilines is 1. The number of rotatable bonds is 4. The van der Waals surface area contributed by atoms with Crippen molar-refractivity contribution in [2.45, 2.75) is 29.4 Å². The minimum atomic E-state index is -0.792. The summed E-state index contributed by atoms with van der Waals surface area (Å²) >= 11 is 1.72. The van der Waals surface area contributed by atoms with Gasteiger partial charge in [0, 0.05) is 23.2 Å². The lowest BCUT2D eigenvalue weighted by Gasteiger charge is -2.24. The summed E-state index contributed by atoms with van der Waals surface area (Å²) in [7, 11) is 1.66. The molecule has 1 aliphatic carbocycles. The first kappa shape index (κ1) is 16.7. The van der Waals surface area contributed by atoms with Crippen molar-refractivity contribution in [2.24, 2.45) is 5.92 Å². The molecule has 1 aliphatic heterocycles. The average molecular weight is 361 g/mol. The van der Waals surface area contributed by atoms with Gasteiger partial charge in [0.05, 0.1) is 12.8 Å². The molecule has 4 rings (SSSR count). The number of thioether (sulfide) groups is 1. The van der Waals surface area contributed by atoms with Crippen molar-refractivity contribution in [3.63, 3.8) is 0 Å². The topological polar surface area (TPSA) is 12.5 Å². The molecule has 2 nitrogen and oxygen atoms in total. The first-order valence-corrected chi connectivity index (χ1v) is 9.56. The molecule has 2 aliphatic rings. The van der Waals surface area contributed by atoms with Crippen molar-refractivity contribution in [3.8, 4) is 5.75 Å². The third-order valence-corrected chi connectivity index (χ3v) is 6.30. The molecule has 1 saturated carbocycles. The molecule has 132 valence electrons. The number of hydrogen-bond acceptors (Lipinski definition) is 3. The SMILES string of the molecule is COc1ccc2c(c1)SC(c1ccc(F)c(F)c1)CCN2CC1CC1. The van der Waals surface area contributed by atoms with Gasteiger partial charge in [0.25, 0.3) is 0 Å². The zero-order valence-corrected chi connectivity index (χ0v) is 15.0. The fourth-order valence-electron chi connectivity index (χ4n) is 3.33. The summed E-state index contributed by atoms with van der Waals surface area (Å²) in [4.78, 5) is 3.59. The predicted molar refractivity (Wildman–Crippen MR) is 97.5 cm³/mol. The van der Waals surface area contributed by atoms with Crippen molar-refractivity contribution >= 4 is 17.4 Å². The minimum Gasteiger partial charge on any atom is -0.497 e. The van der Waals surface area contributed by atoms with Gasteiger partial charge in [-0.05, 0) is 61.1 Å². The van der Waals surface area contributed by atoms with Crippen LogP contribution in [-0.2, 0) is 0 Å². The third-order valence-electron chi connectivity index (χ3n) is 4.93. The maximum absolute atomic E-state index is 13.7. The van der Waals surface area contributed by atoms with Crippen molar-refractivity contribution in [1.82, 2.24) is 0 Å². The molecule has 2 aromatic rings. The lowest BCUT2D eigenvalue weighted by Crippen LogP contribution is -2.26. The Hall–Kier alpha value is -1.75. The summed E-state index contributed by atoms with van der Waals surface area (Å²) in [6.45, 7) is 2.00. The Kier molecular flexibility index (Phi) is 4.59. The van der Waals surface area contributed by atoms with Gasteiger partial charge >= 0.3 is 0 Å². The van der Waals surface area contributed by atoms with Gasteiger partial charge in [-0.1, -0.05) is 6.07 Å². The summed E-state index contributed by atoms with van der Waals surface area (Å²) in [5, 5.41) is 0.102. The molecule has 1 heterocycles. The molecule has 0 saturated heterocycles.